The lowest BCUT2D eigenvalue weighted by Gasteiger charge is -2.18. The first kappa shape index (κ1) is 17.7. The van der Waals surface area contributed by atoms with Crippen LogP contribution in [0.15, 0.2) is 41.7 Å². The Morgan fingerprint density at radius 1 is 1.29 bits per heavy atom. The molecular formula is C17H25N5O2. The minimum Gasteiger partial charge on any atom is -0.493 e. The second-order valence-corrected chi connectivity index (χ2v) is 5.41. The highest BCUT2D eigenvalue weighted by molar-refractivity contribution is 5.79. The standard InChI is InChI=1S/C17H25N5O2/c1-13(24-16-8-6-5-7-15(16)23-4)9-19-17(18-2)20-10-14-11-21-22(3)12-14/h5-8,11-13H,9-10H2,1-4H3,(H2,18,19,20). The van der Waals surface area contributed by atoms with Gasteiger partial charge in [-0.3, -0.25) is 9.67 Å². The van der Waals surface area contributed by atoms with Crippen LogP contribution in [0.4, 0.5) is 0 Å². The first-order valence-electron chi connectivity index (χ1n) is 7.84. The molecule has 0 aliphatic carbocycles. The minimum absolute atomic E-state index is 0.0433. The third kappa shape index (κ3) is 5.19. The van der Waals surface area contributed by atoms with Gasteiger partial charge in [0.1, 0.15) is 6.10 Å². The quantitative estimate of drug-likeness (QED) is 0.595. The summed E-state index contributed by atoms with van der Waals surface area (Å²) in [6.07, 6.45) is 3.75. The summed E-state index contributed by atoms with van der Waals surface area (Å²) in [5, 5.41) is 10.6. The molecule has 0 saturated heterocycles. The fourth-order valence-electron chi connectivity index (χ4n) is 2.18. The number of guanidine groups is 1. The highest BCUT2D eigenvalue weighted by Crippen LogP contribution is 2.26. The molecule has 0 radical (unpaired) electrons. The average Bonchev–Trinajstić information content (AvgIpc) is 3.01. The van der Waals surface area contributed by atoms with Crippen molar-refractivity contribution in [3.8, 4) is 11.5 Å². The fourth-order valence-corrected chi connectivity index (χ4v) is 2.18. The molecule has 0 aliphatic heterocycles. The van der Waals surface area contributed by atoms with Crippen molar-refractivity contribution in [1.82, 2.24) is 20.4 Å². The van der Waals surface area contributed by atoms with E-state index in [2.05, 4.69) is 20.7 Å². The van der Waals surface area contributed by atoms with E-state index in [0.29, 0.717) is 19.0 Å². The Hall–Kier alpha value is -2.70. The number of para-hydroxylation sites is 2. The maximum atomic E-state index is 5.91. The van der Waals surface area contributed by atoms with Crippen LogP contribution in [0.25, 0.3) is 0 Å². The molecule has 2 N–H and O–H groups in total. The molecule has 2 rings (SSSR count). The van der Waals surface area contributed by atoms with E-state index >= 15 is 0 Å². The van der Waals surface area contributed by atoms with E-state index in [1.54, 1.807) is 18.8 Å². The topological polar surface area (TPSA) is 72.7 Å². The largest absolute Gasteiger partial charge is 0.493 e. The van der Waals surface area contributed by atoms with Crippen molar-refractivity contribution in [3.05, 3.63) is 42.2 Å². The van der Waals surface area contributed by atoms with Crippen molar-refractivity contribution < 1.29 is 9.47 Å². The predicted octanol–water partition coefficient (Wildman–Crippen LogP) is 1.56. The molecule has 1 aromatic heterocycles. The zero-order chi connectivity index (χ0) is 17.4. The zero-order valence-corrected chi connectivity index (χ0v) is 14.6. The number of rotatable bonds is 7. The highest BCUT2D eigenvalue weighted by atomic mass is 16.5. The van der Waals surface area contributed by atoms with Gasteiger partial charge in [-0.1, -0.05) is 12.1 Å². The molecule has 0 amide bonds. The van der Waals surface area contributed by atoms with Crippen LogP contribution < -0.4 is 20.1 Å². The Bertz CT molecular complexity index is 669. The van der Waals surface area contributed by atoms with Gasteiger partial charge in [0.25, 0.3) is 0 Å². The monoisotopic (exact) mass is 331 g/mol. The first-order chi connectivity index (χ1) is 11.6. The van der Waals surface area contributed by atoms with E-state index < -0.39 is 0 Å². The van der Waals surface area contributed by atoms with E-state index in [0.717, 1.165) is 17.1 Å². The van der Waals surface area contributed by atoms with Crippen molar-refractivity contribution in [3.63, 3.8) is 0 Å². The van der Waals surface area contributed by atoms with Crippen LogP contribution >= 0.6 is 0 Å². The molecule has 1 atom stereocenters. The summed E-state index contributed by atoms with van der Waals surface area (Å²) in [6.45, 7) is 3.27. The van der Waals surface area contributed by atoms with Gasteiger partial charge in [0.15, 0.2) is 17.5 Å². The molecule has 0 spiro atoms. The van der Waals surface area contributed by atoms with Crippen LogP contribution in [-0.4, -0.2) is 42.5 Å². The van der Waals surface area contributed by atoms with Crippen LogP contribution in [0.1, 0.15) is 12.5 Å². The molecule has 1 heterocycles. The molecule has 1 unspecified atom stereocenters. The summed E-state index contributed by atoms with van der Waals surface area (Å²) in [5.41, 5.74) is 1.10. The van der Waals surface area contributed by atoms with Gasteiger partial charge >= 0.3 is 0 Å². The zero-order valence-electron chi connectivity index (χ0n) is 14.6. The Balaban J connectivity index is 1.79. The van der Waals surface area contributed by atoms with Crippen molar-refractivity contribution in [2.24, 2.45) is 12.0 Å². The number of benzene rings is 1. The molecule has 7 heteroatoms. The lowest BCUT2D eigenvalue weighted by molar-refractivity contribution is 0.213. The van der Waals surface area contributed by atoms with Crippen LogP contribution in [0.5, 0.6) is 11.5 Å². The second kappa shape index (κ2) is 8.81. The maximum Gasteiger partial charge on any atom is 0.191 e. The number of nitrogens with one attached hydrogen (secondary N) is 2. The smallest absolute Gasteiger partial charge is 0.191 e. The summed E-state index contributed by atoms with van der Waals surface area (Å²) >= 11 is 0. The number of methoxy groups -OCH3 is 1. The highest BCUT2D eigenvalue weighted by Gasteiger charge is 2.09. The van der Waals surface area contributed by atoms with Crippen LogP contribution in [0.2, 0.25) is 0 Å². The number of nitrogens with zero attached hydrogens (tertiary/aromatic N) is 3. The van der Waals surface area contributed by atoms with Crippen LogP contribution in [0, 0.1) is 0 Å². The van der Waals surface area contributed by atoms with E-state index in [1.165, 1.54) is 0 Å². The normalized spacial score (nSPS) is 12.6. The molecular weight excluding hydrogens is 306 g/mol. The van der Waals surface area contributed by atoms with Gasteiger partial charge < -0.3 is 20.1 Å². The van der Waals surface area contributed by atoms with E-state index in [4.69, 9.17) is 9.47 Å². The molecule has 0 fully saturated rings. The molecule has 24 heavy (non-hydrogen) atoms. The molecule has 0 saturated carbocycles. The van der Waals surface area contributed by atoms with E-state index in [-0.39, 0.29) is 6.10 Å². The number of ether oxygens (including phenoxy) is 2. The molecule has 2 aromatic rings. The molecule has 130 valence electrons. The van der Waals surface area contributed by atoms with E-state index in [1.807, 2.05) is 50.6 Å². The van der Waals surface area contributed by atoms with Crippen molar-refractivity contribution in [2.75, 3.05) is 20.7 Å². The molecule has 0 bridgehead atoms. The average molecular weight is 331 g/mol. The summed E-state index contributed by atoms with van der Waals surface area (Å²) < 4.78 is 13.0. The van der Waals surface area contributed by atoms with Gasteiger partial charge in [0.2, 0.25) is 0 Å². The lowest BCUT2D eigenvalue weighted by Crippen LogP contribution is -2.41. The third-order valence-electron chi connectivity index (χ3n) is 3.40. The Morgan fingerprint density at radius 3 is 2.67 bits per heavy atom. The SMILES string of the molecule is CN=C(NCc1cnn(C)c1)NCC(C)Oc1ccccc1OC. The predicted molar refractivity (Wildman–Crippen MR) is 94.5 cm³/mol. The summed E-state index contributed by atoms with van der Waals surface area (Å²) in [6, 6.07) is 7.61. The molecule has 1 aromatic carbocycles. The Kier molecular flexibility index (Phi) is 6.48. The first-order valence-corrected chi connectivity index (χ1v) is 7.84. The number of hydrogen-bond donors (Lipinski definition) is 2. The van der Waals surface area contributed by atoms with Gasteiger partial charge in [0.05, 0.1) is 19.9 Å². The number of aromatic nitrogens is 2. The number of aryl methyl sites for hydroxylation is 1. The van der Waals surface area contributed by atoms with Crippen LogP contribution in [-0.2, 0) is 13.6 Å². The van der Waals surface area contributed by atoms with Crippen LogP contribution in [0.3, 0.4) is 0 Å². The summed E-state index contributed by atoms with van der Waals surface area (Å²) in [4.78, 5) is 4.21. The Morgan fingerprint density at radius 2 is 2.04 bits per heavy atom. The minimum atomic E-state index is -0.0433. The van der Waals surface area contributed by atoms with E-state index in [9.17, 15) is 0 Å². The molecule has 7 nitrogen and oxygen atoms in total. The van der Waals surface area contributed by atoms with Gasteiger partial charge in [-0.25, -0.2) is 0 Å². The lowest BCUT2D eigenvalue weighted by atomic mass is 10.3. The third-order valence-corrected chi connectivity index (χ3v) is 3.40. The fraction of sp³-hybridized carbons (Fsp3) is 0.412. The maximum absolute atomic E-state index is 5.91. The summed E-state index contributed by atoms with van der Waals surface area (Å²) in [7, 11) is 5.27. The Labute approximate surface area is 142 Å². The van der Waals surface area contributed by atoms with Crippen molar-refractivity contribution in [1.29, 1.82) is 0 Å². The second-order valence-electron chi connectivity index (χ2n) is 5.41. The summed E-state index contributed by atoms with van der Waals surface area (Å²) in [5.74, 6) is 2.17. The van der Waals surface area contributed by atoms with Gasteiger partial charge in [-0.15, -0.1) is 0 Å². The van der Waals surface area contributed by atoms with Gasteiger partial charge in [-0.2, -0.15) is 5.10 Å². The molecule has 0 aliphatic rings. The van der Waals surface area contributed by atoms with Crippen molar-refractivity contribution in [2.45, 2.75) is 19.6 Å². The number of aliphatic imine (C=N–C) groups is 1. The van der Waals surface area contributed by atoms with Crippen molar-refractivity contribution >= 4 is 5.96 Å². The van der Waals surface area contributed by atoms with Gasteiger partial charge in [-0.05, 0) is 19.1 Å². The number of hydrogen-bond acceptors (Lipinski definition) is 4. The van der Waals surface area contributed by atoms with Gasteiger partial charge in [0, 0.05) is 32.4 Å².